The second kappa shape index (κ2) is 8.87. The number of nitrogens with zero attached hydrogens (tertiary/aromatic N) is 5. The van der Waals surface area contributed by atoms with Crippen LogP contribution >= 0.6 is 0 Å². The summed E-state index contributed by atoms with van der Waals surface area (Å²) in [6.45, 7) is 4.72. The maximum absolute atomic E-state index is 12.3. The molecule has 6 rings (SSSR count). The molecule has 0 radical (unpaired) electrons. The quantitative estimate of drug-likeness (QED) is 0.443. The van der Waals surface area contributed by atoms with Gasteiger partial charge in [-0.25, -0.2) is 9.97 Å². The Bertz CT molecular complexity index is 1430. The number of nitrogens with two attached hydrogens (primary N) is 1. The summed E-state index contributed by atoms with van der Waals surface area (Å²) >= 11 is 0. The number of nitrogen functional groups attached to an aromatic ring is 1. The molecule has 2 aliphatic rings. The third kappa shape index (κ3) is 3.93. The number of benzene rings is 2. The molecule has 1 atom stereocenters. The van der Waals surface area contributed by atoms with E-state index in [1.54, 1.807) is 0 Å². The lowest BCUT2D eigenvalue weighted by Gasteiger charge is -2.46. The number of hydrogen-bond acceptors (Lipinski definition) is 8. The highest BCUT2D eigenvalue weighted by atomic mass is 16.5. The number of fused-ring (bicyclic) bond motifs is 2. The molecule has 0 bridgehead atoms. The van der Waals surface area contributed by atoms with E-state index in [-0.39, 0.29) is 5.95 Å². The van der Waals surface area contributed by atoms with Crippen molar-refractivity contribution in [2.75, 3.05) is 36.8 Å². The highest BCUT2D eigenvalue weighted by Gasteiger charge is 2.43. The third-order valence-electron chi connectivity index (χ3n) is 7.20. The number of anilines is 2. The second-order valence-electron chi connectivity index (χ2n) is 9.48. The van der Waals surface area contributed by atoms with E-state index >= 15 is 0 Å². The average Bonchev–Trinajstić information content (AvgIpc) is 2.92. The van der Waals surface area contributed by atoms with Crippen molar-refractivity contribution in [1.29, 1.82) is 0 Å². The number of aldehydes is 1. The van der Waals surface area contributed by atoms with Crippen molar-refractivity contribution in [3.05, 3.63) is 71.8 Å². The molecule has 0 aliphatic carbocycles. The van der Waals surface area contributed by atoms with Crippen molar-refractivity contribution in [2.24, 2.45) is 0 Å². The van der Waals surface area contributed by atoms with Gasteiger partial charge in [-0.3, -0.25) is 9.69 Å². The van der Waals surface area contributed by atoms with Gasteiger partial charge in [0.2, 0.25) is 11.7 Å². The number of aryl methyl sites for hydroxylation is 2. The summed E-state index contributed by atoms with van der Waals surface area (Å²) in [7, 11) is 0. The highest BCUT2D eigenvalue weighted by molar-refractivity contribution is 5.88. The number of para-hydroxylation sites is 1. The zero-order chi connectivity index (χ0) is 24.7. The molecule has 1 fully saturated rings. The van der Waals surface area contributed by atoms with Gasteiger partial charge in [0.15, 0.2) is 12.1 Å². The van der Waals surface area contributed by atoms with E-state index in [2.05, 4.69) is 57.0 Å². The lowest BCUT2D eigenvalue weighted by molar-refractivity contribution is -0.145. The van der Waals surface area contributed by atoms with E-state index in [1.807, 2.05) is 30.3 Å². The van der Waals surface area contributed by atoms with Crippen molar-refractivity contribution < 1.29 is 9.53 Å². The van der Waals surface area contributed by atoms with Crippen LogP contribution in [0.3, 0.4) is 0 Å². The van der Waals surface area contributed by atoms with Crippen LogP contribution in [0.25, 0.3) is 22.3 Å². The van der Waals surface area contributed by atoms with E-state index < -0.39 is 5.72 Å². The Kier molecular flexibility index (Phi) is 5.53. The van der Waals surface area contributed by atoms with Gasteiger partial charge in [-0.05, 0) is 37.1 Å². The Morgan fingerprint density at radius 1 is 0.944 bits per heavy atom. The van der Waals surface area contributed by atoms with Gasteiger partial charge in [-0.15, -0.1) is 0 Å². The first-order chi connectivity index (χ1) is 17.5. The number of carbonyl (C=O) groups excluding carboxylic acids is 1. The van der Waals surface area contributed by atoms with Gasteiger partial charge in [-0.1, -0.05) is 48.0 Å². The monoisotopic (exact) mass is 480 g/mol. The van der Waals surface area contributed by atoms with Crippen LogP contribution in [0.1, 0.15) is 17.5 Å². The van der Waals surface area contributed by atoms with E-state index in [0.29, 0.717) is 38.1 Å². The van der Waals surface area contributed by atoms with Crippen LogP contribution in [0, 0.1) is 6.92 Å². The number of carbonyl (C=O) groups is 1. The van der Waals surface area contributed by atoms with E-state index in [4.69, 9.17) is 15.5 Å². The number of piperazine rings is 1. The van der Waals surface area contributed by atoms with Gasteiger partial charge >= 0.3 is 0 Å². The van der Waals surface area contributed by atoms with Crippen LogP contribution in [0.2, 0.25) is 0 Å². The third-order valence-corrected chi connectivity index (χ3v) is 7.20. The molecule has 0 amide bonds. The van der Waals surface area contributed by atoms with Crippen LogP contribution < -0.4 is 15.4 Å². The lowest BCUT2D eigenvalue weighted by Crippen LogP contribution is -2.62. The molecule has 2 aromatic carbocycles. The summed E-state index contributed by atoms with van der Waals surface area (Å²) in [5.74, 6) is 1.74. The number of aromatic nitrogens is 3. The molecule has 36 heavy (non-hydrogen) atoms. The molecular weight excluding hydrogens is 452 g/mol. The van der Waals surface area contributed by atoms with Crippen molar-refractivity contribution in [3.8, 4) is 17.0 Å². The molecule has 0 spiro atoms. The molecule has 1 unspecified atom stereocenters. The molecule has 4 heterocycles. The van der Waals surface area contributed by atoms with E-state index in [1.165, 1.54) is 5.56 Å². The zero-order valence-corrected chi connectivity index (χ0v) is 20.2. The normalized spacial score (nSPS) is 20.1. The van der Waals surface area contributed by atoms with Crippen LogP contribution in [0.5, 0.6) is 5.75 Å². The second-order valence-corrected chi connectivity index (χ2v) is 9.48. The van der Waals surface area contributed by atoms with Crippen molar-refractivity contribution in [3.63, 3.8) is 0 Å². The number of rotatable bonds is 4. The van der Waals surface area contributed by atoms with Crippen molar-refractivity contribution in [1.82, 2.24) is 19.9 Å². The maximum Gasteiger partial charge on any atom is 0.222 e. The summed E-state index contributed by atoms with van der Waals surface area (Å²) in [5, 5.41) is 0. The van der Waals surface area contributed by atoms with Crippen LogP contribution in [0.4, 0.5) is 11.8 Å². The molecule has 8 heteroatoms. The Morgan fingerprint density at radius 2 is 1.72 bits per heavy atom. The molecule has 1 saturated heterocycles. The standard InChI is InChI=1S/C28H28N6O2/c1-19-6-8-20(9-7-19)22-10-11-23-25(30-22)26(32-27(29)31-23)33-14-16-34(17-15-33)28(18-35)13-12-21-4-2-3-5-24(21)36-28/h2-11,18H,12-17H2,1H3,(H2,29,31,32). The van der Waals surface area contributed by atoms with Crippen molar-refractivity contribution >= 4 is 29.1 Å². The zero-order valence-electron chi connectivity index (χ0n) is 20.2. The smallest absolute Gasteiger partial charge is 0.222 e. The molecule has 0 saturated carbocycles. The molecular formula is C28H28N6O2. The summed E-state index contributed by atoms with van der Waals surface area (Å²) in [4.78, 5) is 30.6. The summed E-state index contributed by atoms with van der Waals surface area (Å²) < 4.78 is 6.29. The van der Waals surface area contributed by atoms with E-state index in [0.717, 1.165) is 46.6 Å². The minimum absolute atomic E-state index is 0.224. The summed E-state index contributed by atoms with van der Waals surface area (Å²) in [6.07, 6.45) is 2.42. The minimum atomic E-state index is -0.940. The first-order valence-electron chi connectivity index (χ1n) is 12.3. The Morgan fingerprint density at radius 3 is 2.50 bits per heavy atom. The van der Waals surface area contributed by atoms with Crippen molar-refractivity contribution in [2.45, 2.75) is 25.5 Å². The van der Waals surface area contributed by atoms with Crippen LogP contribution in [0.15, 0.2) is 60.7 Å². The number of hydrogen-bond donors (Lipinski definition) is 1. The van der Waals surface area contributed by atoms with Crippen LogP contribution in [-0.2, 0) is 11.2 Å². The average molecular weight is 481 g/mol. The molecule has 2 aromatic heterocycles. The summed E-state index contributed by atoms with van der Waals surface area (Å²) in [5.41, 5.74) is 10.8. The summed E-state index contributed by atoms with van der Waals surface area (Å²) in [6, 6.07) is 20.2. The minimum Gasteiger partial charge on any atom is -0.465 e. The van der Waals surface area contributed by atoms with Gasteiger partial charge in [0.25, 0.3) is 0 Å². The van der Waals surface area contributed by atoms with Gasteiger partial charge in [0.1, 0.15) is 11.3 Å². The molecule has 8 nitrogen and oxygen atoms in total. The SMILES string of the molecule is Cc1ccc(-c2ccc3nc(N)nc(N4CCN(C5(C=O)CCc6ccccc6O5)CC4)c3n2)cc1. The molecule has 2 N–H and O–H groups in total. The van der Waals surface area contributed by atoms with Gasteiger partial charge in [-0.2, -0.15) is 4.98 Å². The Labute approximate surface area is 209 Å². The fourth-order valence-corrected chi connectivity index (χ4v) is 5.16. The van der Waals surface area contributed by atoms with Crippen LogP contribution in [-0.4, -0.2) is 58.0 Å². The van der Waals surface area contributed by atoms with Gasteiger partial charge in [0.05, 0.1) is 11.2 Å². The number of ether oxygens (including phenoxy) is 1. The number of pyridine rings is 1. The fraction of sp³-hybridized carbons (Fsp3) is 0.286. The predicted molar refractivity (Wildman–Crippen MR) is 140 cm³/mol. The van der Waals surface area contributed by atoms with Gasteiger partial charge < -0.3 is 15.4 Å². The Balaban J connectivity index is 1.27. The Hall–Kier alpha value is -4.04. The molecule has 182 valence electrons. The first-order valence-corrected chi connectivity index (χ1v) is 12.3. The van der Waals surface area contributed by atoms with E-state index in [9.17, 15) is 4.79 Å². The predicted octanol–water partition coefficient (Wildman–Crippen LogP) is 3.62. The van der Waals surface area contributed by atoms with Gasteiger partial charge in [0, 0.05) is 38.2 Å². The maximum atomic E-state index is 12.3. The lowest BCUT2D eigenvalue weighted by atomic mass is 9.96. The first kappa shape index (κ1) is 22.4. The molecule has 4 aromatic rings. The topological polar surface area (TPSA) is 97.5 Å². The molecule has 2 aliphatic heterocycles. The largest absolute Gasteiger partial charge is 0.465 e. The fourth-order valence-electron chi connectivity index (χ4n) is 5.16. The highest BCUT2D eigenvalue weighted by Crippen LogP contribution is 2.35.